The number of nitrogens with zero attached hydrogens (tertiary/aromatic N) is 1. The summed E-state index contributed by atoms with van der Waals surface area (Å²) < 4.78 is 26.9. The molecular weight excluding hydrogens is 276 g/mol. The molecule has 6 heteroatoms. The number of hydrogen-bond donors (Lipinski definition) is 2. The molecule has 0 spiro atoms. The fourth-order valence-electron chi connectivity index (χ4n) is 3.59. The van der Waals surface area contributed by atoms with E-state index in [9.17, 15) is 8.42 Å². The van der Waals surface area contributed by atoms with Crippen molar-refractivity contribution in [3.63, 3.8) is 0 Å². The van der Waals surface area contributed by atoms with Gasteiger partial charge in [-0.1, -0.05) is 19.3 Å². The molecule has 5 nitrogen and oxygen atoms in total. The maximum atomic E-state index is 12.6. The van der Waals surface area contributed by atoms with Gasteiger partial charge in [-0.15, -0.1) is 0 Å². The normalized spacial score (nSPS) is 28.2. The molecule has 0 amide bonds. The van der Waals surface area contributed by atoms with Crippen molar-refractivity contribution in [1.29, 1.82) is 0 Å². The summed E-state index contributed by atoms with van der Waals surface area (Å²) in [6, 6.07) is 1.53. The van der Waals surface area contributed by atoms with E-state index in [0.29, 0.717) is 24.7 Å². The molecule has 2 unspecified atom stereocenters. The van der Waals surface area contributed by atoms with Gasteiger partial charge in [0.25, 0.3) is 0 Å². The molecule has 2 atom stereocenters. The van der Waals surface area contributed by atoms with E-state index >= 15 is 0 Å². The van der Waals surface area contributed by atoms with E-state index in [-0.39, 0.29) is 11.5 Å². The van der Waals surface area contributed by atoms with Crippen LogP contribution in [-0.2, 0) is 16.6 Å². The van der Waals surface area contributed by atoms with Crippen LogP contribution < -0.4 is 0 Å². The maximum absolute atomic E-state index is 12.6. The number of rotatable bonds is 3. The summed E-state index contributed by atoms with van der Waals surface area (Å²) in [4.78, 5) is 3.08. The summed E-state index contributed by atoms with van der Waals surface area (Å²) in [6.07, 6.45) is 7.41. The highest BCUT2D eigenvalue weighted by atomic mass is 32.2. The number of fused-ring (bicyclic) bond motifs is 1. The molecule has 0 radical (unpaired) electrons. The van der Waals surface area contributed by atoms with Crippen molar-refractivity contribution in [2.24, 2.45) is 11.8 Å². The Morgan fingerprint density at radius 1 is 1.25 bits per heavy atom. The smallest absolute Gasteiger partial charge is 0.244 e. The molecular formula is C14H22N2O3S. The highest BCUT2D eigenvalue weighted by Crippen LogP contribution is 2.37. The van der Waals surface area contributed by atoms with Crippen LogP contribution in [0.4, 0.5) is 0 Å². The topological polar surface area (TPSA) is 73.4 Å². The lowest BCUT2D eigenvalue weighted by Gasteiger charge is -2.40. The van der Waals surface area contributed by atoms with Gasteiger partial charge in [-0.05, 0) is 30.7 Å². The second-order valence-electron chi connectivity index (χ2n) is 5.98. The van der Waals surface area contributed by atoms with Gasteiger partial charge in [0.05, 0.1) is 11.5 Å². The lowest BCUT2D eigenvalue weighted by atomic mass is 9.76. The molecule has 20 heavy (non-hydrogen) atoms. The average Bonchev–Trinajstić information content (AvgIpc) is 2.96. The highest BCUT2D eigenvalue weighted by Gasteiger charge is 2.36. The third-order valence-electron chi connectivity index (χ3n) is 4.78. The maximum Gasteiger partial charge on any atom is 0.244 e. The van der Waals surface area contributed by atoms with Crippen molar-refractivity contribution >= 4 is 10.0 Å². The number of aromatic amines is 1. The first kappa shape index (κ1) is 14.1. The van der Waals surface area contributed by atoms with Crippen LogP contribution in [0.2, 0.25) is 0 Å². The largest absolute Gasteiger partial charge is 0.390 e. The lowest BCUT2D eigenvalue weighted by Crippen LogP contribution is -2.44. The summed E-state index contributed by atoms with van der Waals surface area (Å²) in [5.41, 5.74) is 0.538. The molecule has 1 aliphatic carbocycles. The Morgan fingerprint density at radius 3 is 2.70 bits per heavy atom. The van der Waals surface area contributed by atoms with Crippen molar-refractivity contribution in [2.45, 2.75) is 43.6 Å². The van der Waals surface area contributed by atoms with Gasteiger partial charge in [0.1, 0.15) is 0 Å². The van der Waals surface area contributed by atoms with E-state index in [1.165, 1.54) is 31.5 Å². The highest BCUT2D eigenvalue weighted by molar-refractivity contribution is 7.89. The number of aromatic nitrogens is 1. The molecule has 1 aromatic rings. The van der Waals surface area contributed by atoms with Crippen molar-refractivity contribution in [2.75, 3.05) is 13.1 Å². The summed E-state index contributed by atoms with van der Waals surface area (Å²) >= 11 is 0. The predicted molar refractivity (Wildman–Crippen MR) is 75.5 cm³/mol. The molecule has 2 heterocycles. The zero-order chi connectivity index (χ0) is 14.2. The predicted octanol–water partition coefficient (Wildman–Crippen LogP) is 1.71. The molecule has 112 valence electrons. The van der Waals surface area contributed by atoms with E-state index in [1.807, 2.05) is 0 Å². The number of nitrogens with one attached hydrogen (secondary N) is 1. The van der Waals surface area contributed by atoms with Crippen LogP contribution in [0.15, 0.2) is 17.2 Å². The van der Waals surface area contributed by atoms with Crippen LogP contribution in [0.1, 0.15) is 37.8 Å². The number of aliphatic hydroxyl groups is 1. The molecule has 1 aliphatic heterocycles. The minimum atomic E-state index is -3.41. The number of piperidine rings is 1. The molecule has 0 bridgehead atoms. The van der Waals surface area contributed by atoms with Gasteiger partial charge in [-0.2, -0.15) is 4.31 Å². The van der Waals surface area contributed by atoms with Crippen molar-refractivity contribution in [3.05, 3.63) is 18.0 Å². The third kappa shape index (κ3) is 2.52. The van der Waals surface area contributed by atoms with E-state index in [4.69, 9.17) is 5.11 Å². The fourth-order valence-corrected chi connectivity index (χ4v) is 5.12. The van der Waals surface area contributed by atoms with Crippen LogP contribution in [-0.4, -0.2) is 35.9 Å². The Labute approximate surface area is 120 Å². The van der Waals surface area contributed by atoms with Crippen LogP contribution in [0.5, 0.6) is 0 Å². The van der Waals surface area contributed by atoms with Gasteiger partial charge in [-0.25, -0.2) is 8.42 Å². The molecule has 1 saturated heterocycles. The third-order valence-corrected chi connectivity index (χ3v) is 6.62. The molecule has 0 aromatic carbocycles. The zero-order valence-corrected chi connectivity index (χ0v) is 12.4. The Hall–Kier alpha value is -0.850. The van der Waals surface area contributed by atoms with Crippen molar-refractivity contribution < 1.29 is 13.5 Å². The van der Waals surface area contributed by atoms with Gasteiger partial charge < -0.3 is 10.1 Å². The standard InChI is InChI=1S/C14H22N2O3S/c17-10-13-7-14(8-15-13)20(18,19)16-6-5-11-3-1-2-4-12(11)9-16/h7-8,11-12,15,17H,1-6,9-10H2. The minimum absolute atomic E-state index is 0.166. The van der Waals surface area contributed by atoms with Crippen LogP contribution in [0.3, 0.4) is 0 Å². The zero-order valence-electron chi connectivity index (χ0n) is 11.6. The molecule has 1 aromatic heterocycles. The SMILES string of the molecule is O=S(=O)(c1c[nH]c(CO)c1)N1CCC2CCCCC2C1. The van der Waals surface area contributed by atoms with Gasteiger partial charge in [-0.3, -0.25) is 0 Å². The first-order valence-electron chi connectivity index (χ1n) is 7.39. The lowest BCUT2D eigenvalue weighted by molar-refractivity contribution is 0.136. The summed E-state index contributed by atoms with van der Waals surface area (Å²) in [5, 5.41) is 9.04. The van der Waals surface area contributed by atoms with Crippen molar-refractivity contribution in [3.8, 4) is 0 Å². The number of H-pyrrole nitrogens is 1. The van der Waals surface area contributed by atoms with E-state index in [0.717, 1.165) is 18.8 Å². The van der Waals surface area contributed by atoms with Crippen molar-refractivity contribution in [1.82, 2.24) is 9.29 Å². The molecule has 3 rings (SSSR count). The molecule has 2 aliphatic rings. The average molecular weight is 298 g/mol. The first-order valence-corrected chi connectivity index (χ1v) is 8.83. The second kappa shape index (κ2) is 5.50. The second-order valence-corrected chi connectivity index (χ2v) is 7.91. The number of aliphatic hydroxyl groups excluding tert-OH is 1. The van der Waals surface area contributed by atoms with E-state index in [1.54, 1.807) is 4.31 Å². The Morgan fingerprint density at radius 2 is 2.00 bits per heavy atom. The van der Waals surface area contributed by atoms with Gasteiger partial charge in [0.15, 0.2) is 0 Å². The Bertz CT molecular complexity index is 567. The molecule has 2 fully saturated rings. The quantitative estimate of drug-likeness (QED) is 0.892. The van der Waals surface area contributed by atoms with Crippen LogP contribution in [0, 0.1) is 11.8 Å². The molecule has 2 N–H and O–H groups in total. The van der Waals surface area contributed by atoms with Gasteiger partial charge in [0, 0.05) is 25.0 Å². The summed E-state index contributed by atoms with van der Waals surface area (Å²) in [7, 11) is -3.41. The number of sulfonamides is 1. The first-order chi connectivity index (χ1) is 9.61. The minimum Gasteiger partial charge on any atom is -0.390 e. The molecule has 1 saturated carbocycles. The summed E-state index contributed by atoms with van der Waals surface area (Å²) in [5.74, 6) is 1.25. The van der Waals surface area contributed by atoms with E-state index < -0.39 is 10.0 Å². The summed E-state index contributed by atoms with van der Waals surface area (Å²) in [6.45, 7) is 1.12. The van der Waals surface area contributed by atoms with Gasteiger partial charge in [0.2, 0.25) is 10.0 Å². The fraction of sp³-hybridized carbons (Fsp3) is 0.714. The monoisotopic (exact) mass is 298 g/mol. The van der Waals surface area contributed by atoms with Crippen LogP contribution in [0.25, 0.3) is 0 Å². The van der Waals surface area contributed by atoms with Crippen LogP contribution >= 0.6 is 0 Å². The Kier molecular flexibility index (Phi) is 3.88. The van der Waals surface area contributed by atoms with Gasteiger partial charge >= 0.3 is 0 Å². The Balaban J connectivity index is 1.77. The number of hydrogen-bond acceptors (Lipinski definition) is 3. The van der Waals surface area contributed by atoms with E-state index in [2.05, 4.69) is 4.98 Å².